The number of hydrogen-bond acceptors (Lipinski definition) is 1. The molecule has 1 aromatic carbocycles. The van der Waals surface area contributed by atoms with Gasteiger partial charge in [-0.25, -0.2) is 0 Å². The van der Waals surface area contributed by atoms with Crippen molar-refractivity contribution in [2.24, 2.45) is 5.41 Å². The molecule has 1 aromatic rings. The third-order valence-electron chi connectivity index (χ3n) is 6.86. The van der Waals surface area contributed by atoms with Crippen LogP contribution in [0.2, 0.25) is 13.1 Å². The monoisotopic (exact) mass is 452 g/mol. The van der Waals surface area contributed by atoms with Crippen LogP contribution in [-0.4, -0.2) is 14.7 Å². The molecular weight excluding hydrogens is 404 g/mol. The number of hydrogen-bond donors (Lipinski definition) is 0. The van der Waals surface area contributed by atoms with E-state index in [4.69, 9.17) is 4.74 Å². The molecule has 0 N–H and O–H groups in total. The first-order chi connectivity index (χ1) is 15.2. The molecular formula is C30H48OSi. The number of allylic oxidation sites excluding steroid dienone is 4. The number of unbranched alkanes of at least 4 members (excludes halogenated alkanes) is 4. The van der Waals surface area contributed by atoms with E-state index >= 15 is 0 Å². The maximum absolute atomic E-state index is 6.47. The molecule has 0 unspecified atom stereocenters. The average molecular weight is 453 g/mol. The zero-order valence-electron chi connectivity index (χ0n) is 22.1. The van der Waals surface area contributed by atoms with Crippen molar-refractivity contribution in [3.8, 4) is 5.75 Å². The average Bonchev–Trinajstić information content (AvgIpc) is 3.24. The van der Waals surface area contributed by atoms with Crippen LogP contribution in [0.25, 0.3) is 0 Å². The maximum atomic E-state index is 6.47. The molecule has 1 aliphatic carbocycles. The molecule has 0 aromatic heterocycles. The second-order valence-electron chi connectivity index (χ2n) is 11.0. The molecule has 1 aliphatic rings. The smallest absolute Gasteiger partial charge is 0.122 e. The van der Waals surface area contributed by atoms with Crippen molar-refractivity contribution >= 4 is 13.3 Å². The van der Waals surface area contributed by atoms with E-state index in [-0.39, 0.29) is 5.41 Å². The normalized spacial score (nSPS) is 14.3. The lowest BCUT2D eigenvalue weighted by atomic mass is 9.87. The van der Waals surface area contributed by atoms with Crippen molar-refractivity contribution in [3.63, 3.8) is 0 Å². The molecule has 0 aliphatic heterocycles. The van der Waals surface area contributed by atoms with Crippen LogP contribution in [0.5, 0.6) is 5.75 Å². The first kappa shape index (κ1) is 26.7. The van der Waals surface area contributed by atoms with Crippen LogP contribution >= 0.6 is 0 Å². The van der Waals surface area contributed by atoms with E-state index in [1.165, 1.54) is 67.0 Å². The summed E-state index contributed by atoms with van der Waals surface area (Å²) in [6.07, 6.45) is 17.7. The molecule has 0 spiro atoms. The molecule has 32 heavy (non-hydrogen) atoms. The Morgan fingerprint density at radius 1 is 1.00 bits per heavy atom. The van der Waals surface area contributed by atoms with Crippen LogP contribution in [0.4, 0.5) is 0 Å². The molecule has 2 heteroatoms. The van der Waals surface area contributed by atoms with Gasteiger partial charge >= 0.3 is 0 Å². The second kappa shape index (κ2) is 12.1. The Morgan fingerprint density at radius 2 is 1.66 bits per heavy atom. The molecule has 0 saturated heterocycles. The molecule has 0 radical (unpaired) electrons. The summed E-state index contributed by atoms with van der Waals surface area (Å²) >= 11 is 0. The highest BCUT2D eigenvalue weighted by Gasteiger charge is 2.37. The topological polar surface area (TPSA) is 9.23 Å². The Morgan fingerprint density at radius 3 is 2.25 bits per heavy atom. The molecule has 0 fully saturated rings. The van der Waals surface area contributed by atoms with Crippen LogP contribution < -0.4 is 9.92 Å². The van der Waals surface area contributed by atoms with Gasteiger partial charge in [-0.05, 0) is 59.4 Å². The van der Waals surface area contributed by atoms with Gasteiger partial charge in [-0.15, -0.1) is 0 Å². The van der Waals surface area contributed by atoms with E-state index in [2.05, 4.69) is 78.6 Å². The fourth-order valence-corrected chi connectivity index (χ4v) is 8.40. The predicted molar refractivity (Wildman–Crippen MR) is 146 cm³/mol. The van der Waals surface area contributed by atoms with Crippen LogP contribution in [0, 0.1) is 5.41 Å². The predicted octanol–water partition coefficient (Wildman–Crippen LogP) is 8.47. The second-order valence-corrected chi connectivity index (χ2v) is 15.4. The van der Waals surface area contributed by atoms with Gasteiger partial charge in [0.25, 0.3) is 0 Å². The molecule has 0 bridgehead atoms. The Balaban J connectivity index is 2.63. The zero-order valence-corrected chi connectivity index (χ0v) is 23.1. The van der Waals surface area contributed by atoms with Crippen molar-refractivity contribution in [2.45, 2.75) is 106 Å². The molecule has 178 valence electrons. The summed E-state index contributed by atoms with van der Waals surface area (Å²) in [5, 5.41) is 3.18. The summed E-state index contributed by atoms with van der Waals surface area (Å²) in [6, 6.07) is 4.99. The minimum absolute atomic E-state index is 0.178. The summed E-state index contributed by atoms with van der Waals surface area (Å²) in [6.45, 7) is 21.2. The minimum Gasteiger partial charge on any atom is -0.489 e. The SMILES string of the molecule is C=CCOc1c(CCCCC)cc(CCCCC)cc1[Si](C)(C)C1=C(C(C)(C)C)C=CC1. The van der Waals surface area contributed by atoms with E-state index < -0.39 is 8.07 Å². The summed E-state index contributed by atoms with van der Waals surface area (Å²) < 4.78 is 6.47. The van der Waals surface area contributed by atoms with Gasteiger partial charge < -0.3 is 4.74 Å². The molecule has 0 atom stereocenters. The van der Waals surface area contributed by atoms with Crippen molar-refractivity contribution in [1.29, 1.82) is 0 Å². The summed E-state index contributed by atoms with van der Waals surface area (Å²) in [4.78, 5) is 0. The summed E-state index contributed by atoms with van der Waals surface area (Å²) in [7, 11) is -1.91. The van der Waals surface area contributed by atoms with Crippen molar-refractivity contribution in [3.05, 3.63) is 58.8 Å². The Kier molecular flexibility index (Phi) is 10.1. The molecule has 0 saturated carbocycles. The lowest BCUT2D eigenvalue weighted by Crippen LogP contribution is -2.46. The lowest BCUT2D eigenvalue weighted by molar-refractivity contribution is 0.361. The first-order valence-corrected chi connectivity index (χ1v) is 16.0. The quantitative estimate of drug-likeness (QED) is 0.166. The van der Waals surface area contributed by atoms with Gasteiger partial charge in [0.15, 0.2) is 0 Å². The first-order valence-electron chi connectivity index (χ1n) is 13.0. The van der Waals surface area contributed by atoms with Crippen LogP contribution in [0.3, 0.4) is 0 Å². The lowest BCUT2D eigenvalue weighted by Gasteiger charge is -2.33. The Bertz CT molecular complexity index is 820. The Hall–Kier alpha value is -1.54. The van der Waals surface area contributed by atoms with E-state index in [1.54, 1.807) is 10.8 Å². The van der Waals surface area contributed by atoms with E-state index in [0.29, 0.717) is 6.61 Å². The largest absolute Gasteiger partial charge is 0.489 e. The highest BCUT2D eigenvalue weighted by Crippen LogP contribution is 2.40. The van der Waals surface area contributed by atoms with Crippen LogP contribution in [-0.2, 0) is 12.8 Å². The third-order valence-corrected chi connectivity index (χ3v) is 10.6. The van der Waals surface area contributed by atoms with Gasteiger partial charge in [0.2, 0.25) is 0 Å². The van der Waals surface area contributed by atoms with Gasteiger partial charge in [0.05, 0.1) is 0 Å². The van der Waals surface area contributed by atoms with E-state index in [0.717, 1.165) is 12.8 Å². The highest BCUT2D eigenvalue weighted by atomic mass is 28.3. The van der Waals surface area contributed by atoms with Crippen molar-refractivity contribution < 1.29 is 4.74 Å². The van der Waals surface area contributed by atoms with E-state index in [1.807, 2.05) is 6.08 Å². The zero-order chi connectivity index (χ0) is 23.8. The van der Waals surface area contributed by atoms with Gasteiger partial charge in [-0.3, -0.25) is 0 Å². The molecule has 0 amide bonds. The number of rotatable bonds is 13. The fraction of sp³-hybridized carbons (Fsp3) is 0.600. The van der Waals surface area contributed by atoms with Gasteiger partial charge in [-0.2, -0.15) is 0 Å². The Labute approximate surface area is 200 Å². The number of aryl methyl sites for hydroxylation is 2. The number of benzene rings is 1. The molecule has 1 nitrogen and oxygen atoms in total. The van der Waals surface area contributed by atoms with Gasteiger partial charge in [-0.1, -0.05) is 116 Å². The van der Waals surface area contributed by atoms with Crippen molar-refractivity contribution in [2.75, 3.05) is 6.61 Å². The van der Waals surface area contributed by atoms with E-state index in [9.17, 15) is 0 Å². The maximum Gasteiger partial charge on any atom is 0.122 e. The van der Waals surface area contributed by atoms with Gasteiger partial charge in [0.1, 0.15) is 20.4 Å². The fourth-order valence-electron chi connectivity index (χ4n) is 4.97. The minimum atomic E-state index is -1.91. The summed E-state index contributed by atoms with van der Waals surface area (Å²) in [5.74, 6) is 1.17. The van der Waals surface area contributed by atoms with Crippen LogP contribution in [0.15, 0.2) is 47.7 Å². The van der Waals surface area contributed by atoms with Gasteiger partial charge in [0, 0.05) is 0 Å². The molecule has 2 rings (SSSR count). The highest BCUT2D eigenvalue weighted by molar-refractivity contribution is 6.96. The molecule has 0 heterocycles. The standard InChI is InChI=1S/C30H48OSi/c1-9-12-14-17-24-22-25(18-15-13-10-2)29(31-21-11-3)28(23-24)32(7,8)27-20-16-19-26(27)30(4,5)6/h11,16,19,22-23H,3,9-10,12-15,17-18,20-21H2,1-2,4-8H3. The summed E-state index contributed by atoms with van der Waals surface area (Å²) in [5.41, 5.74) is 4.66. The number of ether oxygens (including phenoxy) is 1. The van der Waals surface area contributed by atoms with Crippen molar-refractivity contribution in [1.82, 2.24) is 0 Å². The van der Waals surface area contributed by atoms with Crippen LogP contribution in [0.1, 0.15) is 90.7 Å². The third kappa shape index (κ3) is 6.73.